The van der Waals surface area contributed by atoms with E-state index in [1.807, 2.05) is 36.7 Å². The van der Waals surface area contributed by atoms with Gasteiger partial charge in [0.15, 0.2) is 5.11 Å². The SMILES string of the molecule is Cc1cccnc1-n1c(C)cc(C2C(c3ccccn3)NC(=S)N2CCCNc2ccccc2)c1C. The van der Waals surface area contributed by atoms with Crippen molar-refractivity contribution in [3.05, 3.63) is 107 Å². The zero-order chi connectivity index (χ0) is 25.1. The Labute approximate surface area is 218 Å². The first-order chi connectivity index (χ1) is 17.5. The van der Waals surface area contributed by atoms with Crippen molar-refractivity contribution in [2.75, 3.05) is 18.4 Å². The predicted molar refractivity (Wildman–Crippen MR) is 149 cm³/mol. The Morgan fingerprint density at radius 1 is 0.944 bits per heavy atom. The molecule has 4 heterocycles. The molecule has 2 atom stereocenters. The summed E-state index contributed by atoms with van der Waals surface area (Å²) in [5, 5.41) is 7.87. The molecule has 0 amide bonds. The van der Waals surface area contributed by atoms with Crippen molar-refractivity contribution in [1.82, 2.24) is 24.8 Å². The number of para-hydroxylation sites is 1. The summed E-state index contributed by atoms with van der Waals surface area (Å²) in [4.78, 5) is 11.7. The Bertz CT molecular complexity index is 1330. The second kappa shape index (κ2) is 10.5. The van der Waals surface area contributed by atoms with Gasteiger partial charge in [0.1, 0.15) is 5.82 Å². The number of aromatic nitrogens is 3. The van der Waals surface area contributed by atoms with Crippen molar-refractivity contribution < 1.29 is 0 Å². The second-order valence-corrected chi connectivity index (χ2v) is 9.66. The molecule has 6 nitrogen and oxygen atoms in total. The van der Waals surface area contributed by atoms with Gasteiger partial charge in [-0.05, 0) is 86.9 Å². The summed E-state index contributed by atoms with van der Waals surface area (Å²) in [6, 6.07) is 22.8. The van der Waals surface area contributed by atoms with Crippen LogP contribution in [0.5, 0.6) is 0 Å². The maximum atomic E-state index is 5.88. The maximum Gasteiger partial charge on any atom is 0.170 e. The Hall–Kier alpha value is -3.71. The van der Waals surface area contributed by atoms with Gasteiger partial charge in [0.05, 0.1) is 17.8 Å². The molecule has 1 aromatic carbocycles. The summed E-state index contributed by atoms with van der Waals surface area (Å²) in [6.07, 6.45) is 4.67. The van der Waals surface area contributed by atoms with Crippen LogP contribution in [0.15, 0.2) is 79.1 Å². The van der Waals surface area contributed by atoms with Crippen LogP contribution in [0.1, 0.15) is 46.7 Å². The third-order valence-electron chi connectivity index (χ3n) is 6.86. The van der Waals surface area contributed by atoms with Gasteiger partial charge < -0.3 is 20.1 Å². The Balaban J connectivity index is 1.46. The summed E-state index contributed by atoms with van der Waals surface area (Å²) in [6.45, 7) is 8.15. The molecule has 1 aliphatic heterocycles. The summed E-state index contributed by atoms with van der Waals surface area (Å²) < 4.78 is 2.26. The van der Waals surface area contributed by atoms with Crippen LogP contribution in [0.3, 0.4) is 0 Å². The van der Waals surface area contributed by atoms with Crippen LogP contribution in [0, 0.1) is 20.8 Å². The van der Waals surface area contributed by atoms with Gasteiger partial charge in [0, 0.05) is 42.6 Å². The van der Waals surface area contributed by atoms with Gasteiger partial charge in [-0.25, -0.2) is 4.98 Å². The number of aryl methyl sites for hydroxylation is 2. The van der Waals surface area contributed by atoms with Gasteiger partial charge in [-0.2, -0.15) is 0 Å². The van der Waals surface area contributed by atoms with Gasteiger partial charge >= 0.3 is 0 Å². The van der Waals surface area contributed by atoms with Crippen molar-refractivity contribution in [3.8, 4) is 5.82 Å². The Kier molecular flexibility index (Phi) is 7.00. The van der Waals surface area contributed by atoms with Crippen LogP contribution >= 0.6 is 12.2 Å². The molecule has 2 N–H and O–H groups in total. The molecule has 2 unspecified atom stereocenters. The van der Waals surface area contributed by atoms with E-state index in [9.17, 15) is 0 Å². The maximum absolute atomic E-state index is 5.88. The molecule has 184 valence electrons. The van der Waals surface area contributed by atoms with E-state index in [2.05, 4.69) is 83.3 Å². The van der Waals surface area contributed by atoms with Crippen molar-refractivity contribution in [2.24, 2.45) is 0 Å². The first kappa shape index (κ1) is 24.0. The van der Waals surface area contributed by atoms with E-state index in [0.29, 0.717) is 0 Å². The van der Waals surface area contributed by atoms with E-state index < -0.39 is 0 Å². The van der Waals surface area contributed by atoms with E-state index in [4.69, 9.17) is 22.2 Å². The smallest absolute Gasteiger partial charge is 0.170 e. The number of pyridine rings is 2. The fourth-order valence-corrected chi connectivity index (χ4v) is 5.48. The molecule has 3 aromatic heterocycles. The average Bonchev–Trinajstić information content (AvgIpc) is 3.38. The Morgan fingerprint density at radius 2 is 1.72 bits per heavy atom. The number of hydrogen-bond donors (Lipinski definition) is 2. The van der Waals surface area contributed by atoms with Crippen molar-refractivity contribution >= 4 is 23.0 Å². The van der Waals surface area contributed by atoms with Crippen LogP contribution in [0.4, 0.5) is 5.69 Å². The highest BCUT2D eigenvalue weighted by atomic mass is 32.1. The number of benzene rings is 1. The van der Waals surface area contributed by atoms with Gasteiger partial charge in [0.25, 0.3) is 0 Å². The first-order valence-electron chi connectivity index (χ1n) is 12.4. The van der Waals surface area contributed by atoms with Crippen LogP contribution < -0.4 is 10.6 Å². The molecule has 1 saturated heterocycles. The zero-order valence-corrected chi connectivity index (χ0v) is 21.8. The normalized spacial score (nSPS) is 17.3. The van der Waals surface area contributed by atoms with Gasteiger partial charge in [-0.3, -0.25) is 4.98 Å². The van der Waals surface area contributed by atoms with Crippen molar-refractivity contribution in [1.29, 1.82) is 0 Å². The molecule has 5 rings (SSSR count). The molecule has 36 heavy (non-hydrogen) atoms. The third-order valence-corrected chi connectivity index (χ3v) is 7.21. The van der Waals surface area contributed by atoms with Gasteiger partial charge in [0.2, 0.25) is 0 Å². The fourth-order valence-electron chi connectivity index (χ4n) is 5.15. The Morgan fingerprint density at radius 3 is 2.47 bits per heavy atom. The summed E-state index contributed by atoms with van der Waals surface area (Å²) in [7, 11) is 0. The number of nitrogens with zero attached hydrogens (tertiary/aromatic N) is 4. The molecule has 4 aromatic rings. The zero-order valence-electron chi connectivity index (χ0n) is 21.0. The lowest BCUT2D eigenvalue weighted by atomic mass is 9.96. The topological polar surface area (TPSA) is 58.0 Å². The molecule has 0 radical (unpaired) electrons. The van der Waals surface area contributed by atoms with Gasteiger partial charge in [-0.15, -0.1) is 0 Å². The molecular weight excluding hydrogens is 464 g/mol. The van der Waals surface area contributed by atoms with Crippen molar-refractivity contribution in [3.63, 3.8) is 0 Å². The summed E-state index contributed by atoms with van der Waals surface area (Å²) in [5.41, 5.74) is 6.87. The molecule has 0 spiro atoms. The summed E-state index contributed by atoms with van der Waals surface area (Å²) >= 11 is 5.88. The number of anilines is 1. The van der Waals surface area contributed by atoms with Crippen molar-refractivity contribution in [2.45, 2.75) is 39.3 Å². The molecule has 0 aliphatic carbocycles. The molecule has 0 bridgehead atoms. The van der Waals surface area contributed by atoms with E-state index in [-0.39, 0.29) is 12.1 Å². The lowest BCUT2D eigenvalue weighted by Crippen LogP contribution is -2.31. The lowest BCUT2D eigenvalue weighted by molar-refractivity contribution is 0.315. The number of nitrogens with one attached hydrogen (secondary N) is 2. The number of thiocarbonyl (C=S) groups is 1. The van der Waals surface area contributed by atoms with Crippen LogP contribution in [0.2, 0.25) is 0 Å². The largest absolute Gasteiger partial charge is 0.385 e. The minimum absolute atomic E-state index is 0.0282. The van der Waals surface area contributed by atoms with E-state index >= 15 is 0 Å². The predicted octanol–water partition coefficient (Wildman–Crippen LogP) is 5.67. The number of hydrogen-bond acceptors (Lipinski definition) is 4. The molecule has 1 aliphatic rings. The highest BCUT2D eigenvalue weighted by Gasteiger charge is 2.41. The van der Waals surface area contributed by atoms with Crippen LogP contribution in [0.25, 0.3) is 5.82 Å². The minimum atomic E-state index is -0.0282. The van der Waals surface area contributed by atoms with E-state index in [1.54, 1.807) is 0 Å². The second-order valence-electron chi connectivity index (χ2n) is 9.27. The molecule has 1 fully saturated rings. The molecule has 0 saturated carbocycles. The molecular formula is C29H32N6S. The average molecular weight is 497 g/mol. The monoisotopic (exact) mass is 496 g/mol. The van der Waals surface area contributed by atoms with Crippen LogP contribution in [-0.4, -0.2) is 37.6 Å². The molecule has 7 heteroatoms. The highest BCUT2D eigenvalue weighted by Crippen LogP contribution is 2.41. The standard InChI is InChI=1S/C29H32N6S/c1-20-11-9-16-32-28(20)35-21(2)19-24(22(35)3)27-26(25-14-7-8-15-31-25)33-29(36)34(27)18-10-17-30-23-12-5-4-6-13-23/h4-9,11-16,19,26-27,30H,10,17-18H2,1-3H3,(H,33,36). The van der Waals surface area contributed by atoms with E-state index in [0.717, 1.165) is 53.1 Å². The third kappa shape index (κ3) is 4.71. The van der Waals surface area contributed by atoms with Crippen LogP contribution in [-0.2, 0) is 0 Å². The minimum Gasteiger partial charge on any atom is -0.385 e. The lowest BCUT2D eigenvalue weighted by Gasteiger charge is -2.28. The highest BCUT2D eigenvalue weighted by molar-refractivity contribution is 7.80. The van der Waals surface area contributed by atoms with E-state index in [1.165, 1.54) is 11.3 Å². The number of rotatable bonds is 8. The quantitative estimate of drug-likeness (QED) is 0.242. The fraction of sp³-hybridized carbons (Fsp3) is 0.276. The van der Waals surface area contributed by atoms with Gasteiger partial charge in [-0.1, -0.05) is 30.3 Å². The summed E-state index contributed by atoms with van der Waals surface area (Å²) in [5.74, 6) is 0.972. The first-order valence-corrected chi connectivity index (χ1v) is 12.8.